The highest BCUT2D eigenvalue weighted by Gasteiger charge is 2.36. The molecule has 19 heavy (non-hydrogen) atoms. The standard InChI is InChI=1S/C17H28N2/c1-17(2,3)15-8-7-14(11-18-4)16(10-15)13-6-5-9-19-12-13/h5-6,9,12,14-16,18H,7-8,10-11H2,1-4H3. The summed E-state index contributed by atoms with van der Waals surface area (Å²) in [4.78, 5) is 4.32. The van der Waals surface area contributed by atoms with Crippen LogP contribution in [0.5, 0.6) is 0 Å². The molecular weight excluding hydrogens is 232 g/mol. The van der Waals surface area contributed by atoms with Crippen molar-refractivity contribution in [2.45, 2.75) is 46.0 Å². The molecule has 1 saturated carbocycles. The fourth-order valence-electron chi connectivity index (χ4n) is 3.53. The SMILES string of the molecule is CNCC1CCC(C(C)(C)C)CC1c1cccnc1. The van der Waals surface area contributed by atoms with Crippen molar-refractivity contribution in [3.05, 3.63) is 30.1 Å². The maximum atomic E-state index is 4.32. The first-order valence-electron chi connectivity index (χ1n) is 7.57. The lowest BCUT2D eigenvalue weighted by Gasteiger charge is -2.42. The van der Waals surface area contributed by atoms with E-state index < -0.39 is 0 Å². The van der Waals surface area contributed by atoms with E-state index in [1.54, 1.807) is 0 Å². The van der Waals surface area contributed by atoms with Gasteiger partial charge in [0.15, 0.2) is 0 Å². The van der Waals surface area contributed by atoms with Crippen LogP contribution >= 0.6 is 0 Å². The van der Waals surface area contributed by atoms with Crippen molar-refractivity contribution >= 4 is 0 Å². The van der Waals surface area contributed by atoms with Crippen molar-refractivity contribution in [1.82, 2.24) is 10.3 Å². The number of hydrogen-bond donors (Lipinski definition) is 1. The summed E-state index contributed by atoms with van der Waals surface area (Å²) < 4.78 is 0. The van der Waals surface area contributed by atoms with E-state index in [9.17, 15) is 0 Å². The van der Waals surface area contributed by atoms with E-state index in [-0.39, 0.29) is 0 Å². The normalized spacial score (nSPS) is 28.3. The number of pyridine rings is 1. The second kappa shape index (κ2) is 6.04. The van der Waals surface area contributed by atoms with Crippen molar-refractivity contribution in [2.24, 2.45) is 17.3 Å². The van der Waals surface area contributed by atoms with Gasteiger partial charge in [0.1, 0.15) is 0 Å². The lowest BCUT2D eigenvalue weighted by Crippen LogP contribution is -2.34. The van der Waals surface area contributed by atoms with Crippen LogP contribution in [0.1, 0.15) is 51.5 Å². The van der Waals surface area contributed by atoms with E-state index in [0.717, 1.165) is 18.4 Å². The fourth-order valence-corrected chi connectivity index (χ4v) is 3.53. The van der Waals surface area contributed by atoms with Gasteiger partial charge in [-0.2, -0.15) is 0 Å². The zero-order valence-corrected chi connectivity index (χ0v) is 12.8. The zero-order valence-electron chi connectivity index (χ0n) is 12.8. The summed E-state index contributed by atoms with van der Waals surface area (Å²) in [6.07, 6.45) is 7.95. The highest BCUT2D eigenvalue weighted by atomic mass is 14.8. The average Bonchev–Trinajstić information content (AvgIpc) is 2.39. The summed E-state index contributed by atoms with van der Waals surface area (Å²) in [7, 11) is 2.07. The Labute approximate surface area is 118 Å². The molecule has 1 heterocycles. The molecule has 1 aromatic heterocycles. The molecule has 0 aromatic carbocycles. The van der Waals surface area contributed by atoms with Gasteiger partial charge < -0.3 is 5.32 Å². The van der Waals surface area contributed by atoms with Gasteiger partial charge in [0.05, 0.1) is 0 Å². The Morgan fingerprint density at radius 3 is 2.68 bits per heavy atom. The minimum atomic E-state index is 0.422. The number of rotatable bonds is 3. The molecule has 106 valence electrons. The van der Waals surface area contributed by atoms with Gasteiger partial charge >= 0.3 is 0 Å². The maximum absolute atomic E-state index is 4.32. The summed E-state index contributed by atoms with van der Waals surface area (Å²) >= 11 is 0. The first-order chi connectivity index (χ1) is 9.02. The monoisotopic (exact) mass is 260 g/mol. The third-order valence-corrected chi connectivity index (χ3v) is 4.80. The third-order valence-electron chi connectivity index (χ3n) is 4.80. The van der Waals surface area contributed by atoms with Gasteiger partial charge in [-0.25, -0.2) is 0 Å². The highest BCUT2D eigenvalue weighted by Crippen LogP contribution is 2.46. The predicted octanol–water partition coefficient (Wildman–Crippen LogP) is 3.85. The molecule has 1 aliphatic carbocycles. The van der Waals surface area contributed by atoms with Crippen LogP contribution in [0.4, 0.5) is 0 Å². The topological polar surface area (TPSA) is 24.9 Å². The molecule has 0 aliphatic heterocycles. The Balaban J connectivity index is 2.18. The van der Waals surface area contributed by atoms with E-state index in [1.165, 1.54) is 24.8 Å². The number of hydrogen-bond acceptors (Lipinski definition) is 2. The van der Waals surface area contributed by atoms with Crippen molar-refractivity contribution in [3.63, 3.8) is 0 Å². The van der Waals surface area contributed by atoms with Gasteiger partial charge in [0, 0.05) is 12.4 Å². The lowest BCUT2D eigenvalue weighted by molar-refractivity contribution is 0.130. The molecule has 1 aromatic rings. The molecule has 0 saturated heterocycles. The summed E-state index contributed by atoms with van der Waals surface area (Å²) in [5.41, 5.74) is 1.85. The van der Waals surface area contributed by atoms with Crippen LogP contribution < -0.4 is 5.32 Å². The third kappa shape index (κ3) is 3.56. The maximum Gasteiger partial charge on any atom is 0.0302 e. The van der Waals surface area contributed by atoms with Crippen molar-refractivity contribution in [3.8, 4) is 0 Å². The lowest BCUT2D eigenvalue weighted by atomic mass is 9.64. The smallest absolute Gasteiger partial charge is 0.0302 e. The molecule has 0 radical (unpaired) electrons. The summed E-state index contributed by atoms with van der Waals surface area (Å²) in [6, 6.07) is 4.33. The van der Waals surface area contributed by atoms with Gasteiger partial charge in [-0.05, 0) is 67.7 Å². The van der Waals surface area contributed by atoms with Crippen molar-refractivity contribution < 1.29 is 0 Å². The van der Waals surface area contributed by atoms with E-state index >= 15 is 0 Å². The quantitative estimate of drug-likeness (QED) is 0.893. The van der Waals surface area contributed by atoms with E-state index in [4.69, 9.17) is 0 Å². The average molecular weight is 260 g/mol. The molecular formula is C17H28N2. The molecule has 1 aliphatic rings. The van der Waals surface area contributed by atoms with Crippen LogP contribution in [0, 0.1) is 17.3 Å². The Morgan fingerprint density at radius 2 is 2.11 bits per heavy atom. The van der Waals surface area contributed by atoms with Gasteiger partial charge in [-0.15, -0.1) is 0 Å². The second-order valence-electron chi connectivity index (χ2n) is 7.09. The molecule has 1 N–H and O–H groups in total. The minimum absolute atomic E-state index is 0.422. The zero-order chi connectivity index (χ0) is 13.9. The first-order valence-corrected chi connectivity index (χ1v) is 7.57. The summed E-state index contributed by atoms with van der Waals surface area (Å²) in [6.45, 7) is 8.28. The van der Waals surface area contributed by atoms with Crippen molar-refractivity contribution in [2.75, 3.05) is 13.6 Å². The van der Waals surface area contributed by atoms with E-state index in [1.807, 2.05) is 6.20 Å². The van der Waals surface area contributed by atoms with Gasteiger partial charge in [-0.3, -0.25) is 4.98 Å². The van der Waals surface area contributed by atoms with Crippen LogP contribution in [-0.4, -0.2) is 18.6 Å². The van der Waals surface area contributed by atoms with Crippen LogP contribution in [0.3, 0.4) is 0 Å². The molecule has 2 rings (SSSR count). The highest BCUT2D eigenvalue weighted by molar-refractivity contribution is 5.17. The van der Waals surface area contributed by atoms with Crippen LogP contribution in [-0.2, 0) is 0 Å². The summed E-state index contributed by atoms with van der Waals surface area (Å²) in [5.74, 6) is 2.25. The second-order valence-corrected chi connectivity index (χ2v) is 7.09. The van der Waals surface area contributed by atoms with Gasteiger partial charge in [0.25, 0.3) is 0 Å². The number of nitrogens with one attached hydrogen (secondary N) is 1. The van der Waals surface area contributed by atoms with Crippen LogP contribution in [0.2, 0.25) is 0 Å². The summed E-state index contributed by atoms with van der Waals surface area (Å²) in [5, 5.41) is 3.37. The minimum Gasteiger partial charge on any atom is -0.319 e. The Bertz CT molecular complexity index is 380. The molecule has 1 fully saturated rings. The number of aromatic nitrogens is 1. The molecule has 3 atom stereocenters. The number of nitrogens with zero attached hydrogens (tertiary/aromatic N) is 1. The molecule has 2 nitrogen and oxygen atoms in total. The molecule has 0 spiro atoms. The Hall–Kier alpha value is -0.890. The molecule has 3 unspecified atom stereocenters. The van der Waals surface area contributed by atoms with Crippen molar-refractivity contribution in [1.29, 1.82) is 0 Å². The largest absolute Gasteiger partial charge is 0.319 e. The molecule has 0 amide bonds. The van der Waals surface area contributed by atoms with E-state index in [2.05, 4.69) is 56.4 Å². The van der Waals surface area contributed by atoms with Crippen LogP contribution in [0.25, 0.3) is 0 Å². The van der Waals surface area contributed by atoms with Gasteiger partial charge in [-0.1, -0.05) is 26.8 Å². The fraction of sp³-hybridized carbons (Fsp3) is 0.706. The van der Waals surface area contributed by atoms with E-state index in [0.29, 0.717) is 11.3 Å². The molecule has 0 bridgehead atoms. The molecule has 2 heteroatoms. The predicted molar refractivity (Wildman–Crippen MR) is 81.2 cm³/mol. The first kappa shape index (κ1) is 14.5. The Morgan fingerprint density at radius 1 is 1.32 bits per heavy atom. The van der Waals surface area contributed by atoms with Gasteiger partial charge in [0.2, 0.25) is 0 Å². The Kier molecular flexibility index (Phi) is 4.62. The van der Waals surface area contributed by atoms with Crippen LogP contribution in [0.15, 0.2) is 24.5 Å².